The summed E-state index contributed by atoms with van der Waals surface area (Å²) in [6.07, 6.45) is -0.536. The molecule has 9 nitrogen and oxygen atoms in total. The van der Waals surface area contributed by atoms with E-state index in [1.54, 1.807) is 12.0 Å². The van der Waals surface area contributed by atoms with E-state index in [0.29, 0.717) is 31.0 Å². The number of benzene rings is 1. The Balaban J connectivity index is 1.73. The maximum Gasteiger partial charge on any atom is 0.350 e. The molecule has 27 heavy (non-hydrogen) atoms. The monoisotopic (exact) mass is 381 g/mol. The van der Waals surface area contributed by atoms with Gasteiger partial charge in [-0.15, -0.1) is 10.2 Å². The summed E-state index contributed by atoms with van der Waals surface area (Å²) < 4.78 is 25.7. The molecule has 2 heterocycles. The molecular formula is C16H21F2N7O2. The van der Waals surface area contributed by atoms with Crippen LogP contribution in [0.25, 0.3) is 0 Å². The number of piperazine rings is 1. The number of hydrogen-bond acceptors (Lipinski definition) is 8. The van der Waals surface area contributed by atoms with Gasteiger partial charge in [-0.05, 0) is 10.8 Å². The predicted octanol–water partition coefficient (Wildman–Crippen LogP) is 1.69. The molecule has 0 spiro atoms. The van der Waals surface area contributed by atoms with Crippen molar-refractivity contribution in [2.24, 2.45) is 5.16 Å². The zero-order valence-electron chi connectivity index (χ0n) is 14.9. The molecule has 11 heteroatoms. The molecule has 146 valence electrons. The van der Waals surface area contributed by atoms with E-state index in [9.17, 15) is 8.78 Å². The van der Waals surface area contributed by atoms with Crippen molar-refractivity contribution in [2.75, 3.05) is 26.2 Å². The Bertz CT molecular complexity index is 723. The van der Waals surface area contributed by atoms with Gasteiger partial charge >= 0.3 is 6.55 Å². The predicted molar refractivity (Wildman–Crippen MR) is 91.7 cm³/mol. The van der Waals surface area contributed by atoms with Gasteiger partial charge in [0.25, 0.3) is 0 Å². The Morgan fingerprint density at radius 1 is 1.15 bits per heavy atom. The van der Waals surface area contributed by atoms with Gasteiger partial charge in [-0.25, -0.2) is 0 Å². The van der Waals surface area contributed by atoms with Gasteiger partial charge in [-0.3, -0.25) is 9.74 Å². The number of tetrazole rings is 1. The van der Waals surface area contributed by atoms with Crippen molar-refractivity contribution >= 4 is 6.72 Å². The molecule has 1 fully saturated rings. The van der Waals surface area contributed by atoms with E-state index in [2.05, 4.69) is 32.2 Å². The highest BCUT2D eigenvalue weighted by Crippen LogP contribution is 2.27. The lowest BCUT2D eigenvalue weighted by Gasteiger charge is -2.38. The minimum atomic E-state index is -2.83. The molecule has 1 aliphatic rings. The zero-order valence-corrected chi connectivity index (χ0v) is 14.9. The Morgan fingerprint density at radius 3 is 2.44 bits per heavy atom. The van der Waals surface area contributed by atoms with Crippen molar-refractivity contribution in [1.82, 2.24) is 30.2 Å². The number of aromatic nitrogens is 4. The van der Waals surface area contributed by atoms with Crippen LogP contribution in [0.3, 0.4) is 0 Å². The second-order valence-corrected chi connectivity index (χ2v) is 5.93. The average molecular weight is 381 g/mol. The second-order valence-electron chi connectivity index (χ2n) is 5.93. The Morgan fingerprint density at radius 2 is 1.85 bits per heavy atom. The minimum absolute atomic E-state index is 0.239. The molecule has 2 aromatic rings. The van der Waals surface area contributed by atoms with Crippen LogP contribution in [-0.4, -0.2) is 69.4 Å². The first-order valence-electron chi connectivity index (χ1n) is 8.48. The fourth-order valence-electron chi connectivity index (χ4n) is 2.99. The zero-order chi connectivity index (χ0) is 19.2. The maximum atomic E-state index is 12.9. The summed E-state index contributed by atoms with van der Waals surface area (Å²) in [5.74, 6) is 0.239. The van der Waals surface area contributed by atoms with Crippen molar-refractivity contribution in [3.05, 3.63) is 41.7 Å². The van der Waals surface area contributed by atoms with Crippen LogP contribution < -0.4 is 0 Å². The molecular weight excluding hydrogens is 360 g/mol. The Labute approximate surface area is 155 Å². The number of hydrogen-bond donors (Lipinski definition) is 0. The summed E-state index contributed by atoms with van der Waals surface area (Å²) in [7, 11) is 0. The van der Waals surface area contributed by atoms with E-state index in [-0.39, 0.29) is 11.9 Å². The highest BCUT2D eigenvalue weighted by atomic mass is 19.3. The molecule has 0 amide bonds. The highest BCUT2D eigenvalue weighted by molar-refractivity contribution is 5.24. The highest BCUT2D eigenvalue weighted by Gasteiger charge is 2.31. The summed E-state index contributed by atoms with van der Waals surface area (Å²) >= 11 is 0. The molecule has 0 radical (unpaired) electrons. The van der Waals surface area contributed by atoms with Crippen molar-refractivity contribution in [3.8, 4) is 0 Å². The fourth-order valence-corrected chi connectivity index (χ4v) is 2.99. The first-order chi connectivity index (χ1) is 13.1. The van der Waals surface area contributed by atoms with Crippen LogP contribution in [-0.2, 0) is 9.68 Å². The molecule has 3 rings (SSSR count). The first-order valence-corrected chi connectivity index (χ1v) is 8.48. The average Bonchev–Trinajstić information content (AvgIpc) is 3.14. The molecule has 1 aliphatic heterocycles. The van der Waals surface area contributed by atoms with Crippen LogP contribution in [0.2, 0.25) is 0 Å². The van der Waals surface area contributed by atoms with Gasteiger partial charge < -0.3 is 4.84 Å². The molecule has 0 bridgehead atoms. The first kappa shape index (κ1) is 19.3. The van der Waals surface area contributed by atoms with Crippen LogP contribution in [0.15, 0.2) is 35.5 Å². The lowest BCUT2D eigenvalue weighted by atomic mass is 10.0. The van der Waals surface area contributed by atoms with Gasteiger partial charge in [0.15, 0.2) is 5.82 Å². The van der Waals surface area contributed by atoms with Gasteiger partial charge in [-0.2, -0.15) is 13.8 Å². The number of halogens is 2. The number of alkyl halides is 2. The summed E-state index contributed by atoms with van der Waals surface area (Å²) in [6, 6.07) is 9.14. The number of hydroxylamine groups is 2. The van der Waals surface area contributed by atoms with E-state index < -0.39 is 12.8 Å². The number of oxime groups is 1. The summed E-state index contributed by atoms with van der Waals surface area (Å²) in [5, 5.41) is 16.3. The maximum absolute atomic E-state index is 12.9. The Kier molecular flexibility index (Phi) is 6.37. The Hall–Kier alpha value is -2.50. The normalized spacial score (nSPS) is 18.4. The van der Waals surface area contributed by atoms with Crippen molar-refractivity contribution in [3.63, 3.8) is 0 Å². The molecule has 0 saturated carbocycles. The van der Waals surface area contributed by atoms with E-state index >= 15 is 0 Å². The fraction of sp³-hybridized carbons (Fsp3) is 0.500. The lowest BCUT2D eigenvalue weighted by Crippen LogP contribution is -2.48. The van der Waals surface area contributed by atoms with E-state index in [1.165, 1.54) is 0 Å². The van der Waals surface area contributed by atoms with Gasteiger partial charge in [0.1, 0.15) is 0 Å². The smallest absolute Gasteiger partial charge is 0.350 e. The van der Waals surface area contributed by atoms with E-state index in [0.717, 1.165) is 5.56 Å². The molecule has 2 unspecified atom stereocenters. The van der Waals surface area contributed by atoms with Gasteiger partial charge in [-0.1, -0.05) is 40.3 Å². The van der Waals surface area contributed by atoms with E-state index in [1.807, 2.05) is 30.3 Å². The standard InChI is InChI=1S/C16H21F2N7O2/c1-12(26-19-2)27-24-10-8-23(9-11-24)14(13-6-4-3-5-7-13)15-20-22-25(21-15)16(17)18/h3-7,12,14,16H,2,8-11H2,1H3. The summed E-state index contributed by atoms with van der Waals surface area (Å²) in [4.78, 5) is 13.0. The summed E-state index contributed by atoms with van der Waals surface area (Å²) in [5.41, 5.74) is 0.910. The van der Waals surface area contributed by atoms with Crippen LogP contribution in [0, 0.1) is 0 Å². The molecule has 1 aromatic heterocycles. The quantitative estimate of drug-likeness (QED) is 0.391. The molecule has 1 saturated heterocycles. The van der Waals surface area contributed by atoms with Gasteiger partial charge in [0, 0.05) is 39.8 Å². The molecule has 0 N–H and O–H groups in total. The number of rotatable bonds is 8. The van der Waals surface area contributed by atoms with Crippen LogP contribution in [0.4, 0.5) is 8.78 Å². The molecule has 2 atom stereocenters. The van der Waals surface area contributed by atoms with Crippen LogP contribution in [0.5, 0.6) is 0 Å². The van der Waals surface area contributed by atoms with Crippen LogP contribution in [0.1, 0.15) is 30.9 Å². The molecule has 0 aliphatic carbocycles. The van der Waals surface area contributed by atoms with Crippen LogP contribution >= 0.6 is 0 Å². The second kappa shape index (κ2) is 8.93. The van der Waals surface area contributed by atoms with Crippen molar-refractivity contribution in [2.45, 2.75) is 25.8 Å². The minimum Gasteiger partial charge on any atom is -0.363 e. The van der Waals surface area contributed by atoms with Crippen molar-refractivity contribution < 1.29 is 18.5 Å². The van der Waals surface area contributed by atoms with Gasteiger partial charge in [0.05, 0.1) is 6.04 Å². The third kappa shape index (κ3) is 4.81. The third-order valence-corrected chi connectivity index (χ3v) is 4.14. The van der Waals surface area contributed by atoms with Crippen molar-refractivity contribution in [1.29, 1.82) is 0 Å². The largest absolute Gasteiger partial charge is 0.363 e. The number of nitrogens with zero attached hydrogens (tertiary/aromatic N) is 7. The summed E-state index contributed by atoms with van der Waals surface area (Å²) in [6.45, 7) is 4.59. The SMILES string of the molecule is C=NOC(C)ON1CCN(C(c2ccccc2)c2nnn(C(F)F)n2)CC1. The van der Waals surface area contributed by atoms with E-state index in [4.69, 9.17) is 9.68 Å². The lowest BCUT2D eigenvalue weighted by molar-refractivity contribution is -0.282. The van der Waals surface area contributed by atoms with Gasteiger partial charge in [0.2, 0.25) is 6.29 Å². The molecule has 1 aromatic carbocycles. The third-order valence-electron chi connectivity index (χ3n) is 4.14. The topological polar surface area (TPSA) is 80.9 Å².